The van der Waals surface area contributed by atoms with Crippen molar-refractivity contribution in [3.8, 4) is 17.0 Å². The Morgan fingerprint density at radius 1 is 1.09 bits per heavy atom. The number of hydrogen-bond acceptors (Lipinski definition) is 9. The van der Waals surface area contributed by atoms with E-state index in [2.05, 4.69) is 10.5 Å². The zero-order valence-corrected chi connectivity index (χ0v) is 27.2. The van der Waals surface area contributed by atoms with Crippen molar-refractivity contribution in [1.29, 1.82) is 0 Å². The smallest absolute Gasteiger partial charge is 0.259 e. The zero-order valence-electron chi connectivity index (χ0n) is 25.7. The van der Waals surface area contributed by atoms with Gasteiger partial charge in [0.05, 0.1) is 29.8 Å². The lowest BCUT2D eigenvalue weighted by atomic mass is 10.0. The number of benzene rings is 3. The van der Waals surface area contributed by atoms with Crippen molar-refractivity contribution in [1.82, 2.24) is 10.1 Å². The van der Waals surface area contributed by atoms with Gasteiger partial charge in [0.1, 0.15) is 28.5 Å². The molecule has 0 bridgehead atoms. The third kappa shape index (κ3) is 6.65. The van der Waals surface area contributed by atoms with Crippen molar-refractivity contribution in [3.05, 3.63) is 82.6 Å². The van der Waals surface area contributed by atoms with Gasteiger partial charge in [0.15, 0.2) is 5.69 Å². The van der Waals surface area contributed by atoms with Gasteiger partial charge in [-0.15, -0.1) is 0 Å². The lowest BCUT2D eigenvalue weighted by Crippen LogP contribution is -2.74. The first-order valence-electron chi connectivity index (χ1n) is 14.2. The second-order valence-corrected chi connectivity index (χ2v) is 13.1. The Labute approximate surface area is 271 Å². The highest BCUT2D eigenvalue weighted by atomic mass is 35.5. The molecular weight excluding hydrogens is 636 g/mol. The van der Waals surface area contributed by atoms with Gasteiger partial charge in [0.2, 0.25) is 10.0 Å². The minimum Gasteiger partial charge on any atom is -0.496 e. The van der Waals surface area contributed by atoms with E-state index in [4.69, 9.17) is 20.9 Å². The van der Waals surface area contributed by atoms with E-state index in [0.717, 1.165) is 16.0 Å². The maximum atomic E-state index is 13.7. The number of anilines is 3. The molecule has 15 heteroatoms. The number of quaternary nitrogens is 1. The number of aryl methyl sites for hydroxylation is 1. The molecule has 46 heavy (non-hydrogen) atoms. The van der Waals surface area contributed by atoms with Gasteiger partial charge in [0.25, 0.3) is 11.8 Å². The fraction of sp³-hybridized carbons (Fsp3) is 0.258. The van der Waals surface area contributed by atoms with Crippen LogP contribution in [0.25, 0.3) is 11.3 Å². The molecule has 3 aromatic carbocycles. The number of nitrogens with zero attached hydrogens (tertiary/aromatic N) is 4. The van der Waals surface area contributed by atoms with E-state index in [1.165, 1.54) is 31.3 Å². The molecule has 1 aliphatic heterocycles. The largest absolute Gasteiger partial charge is 0.496 e. The number of para-hydroxylation sites is 1. The Bertz CT molecular complexity index is 1870. The van der Waals surface area contributed by atoms with E-state index in [1.54, 1.807) is 37.1 Å². The minimum atomic E-state index is -3.45. The molecule has 0 atom stereocenters. The molecule has 0 saturated carbocycles. The molecule has 1 aromatic heterocycles. The van der Waals surface area contributed by atoms with Crippen LogP contribution in [-0.4, -0.2) is 82.1 Å². The highest BCUT2D eigenvalue weighted by Gasteiger charge is 2.30. The van der Waals surface area contributed by atoms with E-state index >= 15 is 0 Å². The Morgan fingerprint density at radius 2 is 1.76 bits per heavy atom. The number of piperazine rings is 1. The Balaban J connectivity index is 1.31. The van der Waals surface area contributed by atoms with Gasteiger partial charge < -0.3 is 24.4 Å². The van der Waals surface area contributed by atoms with Gasteiger partial charge in [-0.1, -0.05) is 28.9 Å². The summed E-state index contributed by atoms with van der Waals surface area (Å²) in [4.78, 5) is 30.6. The van der Waals surface area contributed by atoms with E-state index in [1.807, 2.05) is 23.1 Å². The second-order valence-electron chi connectivity index (χ2n) is 10.7. The Hall–Kier alpha value is -4.63. The van der Waals surface area contributed by atoms with E-state index < -0.39 is 15.9 Å². The standard InChI is InChI=1S/C31H33ClN6O7S/c1-19-28(29(35-45-19)22-7-5-6-8-27(22)44-3)31(40)38-15-13-37(14-16-38)26-18-24(25(34-41)17-23(26)32)33-30(39)20-9-11-21(12-10-20)36(2)46(4,42)43/h5-12,17-18,34,41H,13-16H2,1-4H3,(H,33,39)/p+1. The van der Waals surface area contributed by atoms with Crippen LogP contribution in [0, 0.1) is 6.92 Å². The molecule has 4 N–H and O–H groups in total. The minimum absolute atomic E-state index is 0.211. The lowest BCUT2D eigenvalue weighted by Gasteiger charge is -2.36. The average molecular weight is 670 g/mol. The molecule has 0 unspecified atom stereocenters. The van der Waals surface area contributed by atoms with Gasteiger partial charge >= 0.3 is 0 Å². The molecule has 1 saturated heterocycles. The molecule has 0 spiro atoms. The van der Waals surface area contributed by atoms with E-state index in [-0.39, 0.29) is 11.5 Å². The van der Waals surface area contributed by atoms with Crippen LogP contribution < -0.4 is 24.7 Å². The second kappa shape index (κ2) is 13.4. The van der Waals surface area contributed by atoms with Crippen molar-refractivity contribution in [2.24, 2.45) is 0 Å². The van der Waals surface area contributed by atoms with Crippen LogP contribution in [0.3, 0.4) is 0 Å². The third-order valence-corrected chi connectivity index (χ3v) is 9.35. The molecule has 5 rings (SSSR count). The molecule has 13 nitrogen and oxygen atoms in total. The maximum absolute atomic E-state index is 13.7. The van der Waals surface area contributed by atoms with Gasteiger partial charge in [-0.2, -0.15) is 5.48 Å². The van der Waals surface area contributed by atoms with Crippen LogP contribution in [0.4, 0.5) is 22.7 Å². The molecule has 0 aliphatic carbocycles. The quantitative estimate of drug-likeness (QED) is 0.179. The van der Waals surface area contributed by atoms with Crippen LogP contribution in [-0.2, 0) is 10.0 Å². The summed E-state index contributed by atoms with van der Waals surface area (Å²) in [5, 5.41) is 17.2. The van der Waals surface area contributed by atoms with E-state index in [9.17, 15) is 23.2 Å². The number of nitrogens with one attached hydrogen (secondary N) is 1. The third-order valence-electron chi connectivity index (χ3n) is 7.84. The fourth-order valence-corrected chi connectivity index (χ4v) is 6.00. The van der Waals surface area contributed by atoms with Gasteiger partial charge in [-0.05, 0) is 49.4 Å². The molecule has 1 fully saturated rings. The molecule has 0 radical (unpaired) electrons. The summed E-state index contributed by atoms with van der Waals surface area (Å²) >= 11 is 6.62. The molecular formula is C31H34ClN6O7S+. The summed E-state index contributed by atoms with van der Waals surface area (Å²) in [7, 11) is -0.474. The van der Waals surface area contributed by atoms with Crippen molar-refractivity contribution in [3.63, 3.8) is 0 Å². The first-order chi connectivity index (χ1) is 21.9. The number of aromatic nitrogens is 1. The number of hydrogen-bond donors (Lipinski definition) is 3. The lowest BCUT2D eigenvalue weighted by molar-refractivity contribution is -0.825. The summed E-state index contributed by atoms with van der Waals surface area (Å²) in [5.74, 6) is 0.310. The summed E-state index contributed by atoms with van der Waals surface area (Å²) in [6.45, 7) is 3.37. The van der Waals surface area contributed by atoms with Crippen molar-refractivity contribution < 1.29 is 38.0 Å². The maximum Gasteiger partial charge on any atom is 0.259 e. The normalized spacial score (nSPS) is 13.4. The van der Waals surface area contributed by atoms with Crippen LogP contribution in [0.2, 0.25) is 5.02 Å². The topological polar surface area (TPSA) is 162 Å². The number of nitrogens with two attached hydrogens (primary N) is 1. The monoisotopic (exact) mass is 669 g/mol. The fourth-order valence-electron chi connectivity index (χ4n) is 5.20. The van der Waals surface area contributed by atoms with Gasteiger partial charge in [-0.3, -0.25) is 13.9 Å². The van der Waals surface area contributed by atoms with Crippen LogP contribution in [0.1, 0.15) is 26.5 Å². The number of ether oxygens (including phenoxy) is 1. The summed E-state index contributed by atoms with van der Waals surface area (Å²) < 4.78 is 35.7. The average Bonchev–Trinajstić information content (AvgIpc) is 3.45. The number of carbonyl (C=O) groups is 2. The van der Waals surface area contributed by atoms with Gasteiger partial charge in [0, 0.05) is 50.4 Å². The van der Waals surface area contributed by atoms with Crippen LogP contribution in [0.15, 0.2) is 65.2 Å². The number of halogens is 1. The van der Waals surface area contributed by atoms with Crippen molar-refractivity contribution in [2.45, 2.75) is 6.92 Å². The first-order valence-corrected chi connectivity index (χ1v) is 16.5. The summed E-state index contributed by atoms with van der Waals surface area (Å²) in [5.41, 5.74) is 4.24. The SMILES string of the molecule is COc1ccccc1-c1noc(C)c1C(=O)N1CCN(c2cc(NC(=O)c3ccc(N(C)S(C)(=O)=O)cc3)c([NH2+]O)cc2Cl)CC1. The molecule has 2 heterocycles. The first kappa shape index (κ1) is 32.8. The predicted octanol–water partition coefficient (Wildman–Crippen LogP) is 3.51. The van der Waals surface area contributed by atoms with Crippen molar-refractivity contribution in [2.75, 3.05) is 61.1 Å². The Kier molecular flexibility index (Phi) is 9.53. The van der Waals surface area contributed by atoms with Crippen LogP contribution >= 0.6 is 11.6 Å². The highest BCUT2D eigenvalue weighted by Crippen LogP contribution is 2.36. The number of rotatable bonds is 9. The molecule has 4 aromatic rings. The predicted molar refractivity (Wildman–Crippen MR) is 174 cm³/mol. The van der Waals surface area contributed by atoms with E-state index in [0.29, 0.717) is 82.3 Å². The molecule has 1 aliphatic rings. The number of sulfonamides is 1. The number of amides is 2. The molecule has 2 amide bonds. The summed E-state index contributed by atoms with van der Waals surface area (Å²) in [6.07, 6.45) is 1.09. The van der Waals surface area contributed by atoms with Crippen LogP contribution in [0.5, 0.6) is 5.75 Å². The highest BCUT2D eigenvalue weighted by molar-refractivity contribution is 7.92. The molecule has 242 valence electrons. The Morgan fingerprint density at radius 3 is 2.39 bits per heavy atom. The van der Waals surface area contributed by atoms with Gasteiger partial charge in [-0.25, -0.2) is 13.6 Å². The van der Waals surface area contributed by atoms with Crippen molar-refractivity contribution >= 4 is 56.2 Å². The number of carbonyl (C=O) groups excluding carboxylic acids is 2. The number of methoxy groups -OCH3 is 1. The summed E-state index contributed by atoms with van der Waals surface area (Å²) in [6, 6.07) is 16.6. The zero-order chi connectivity index (χ0) is 33.2.